The normalized spacial score (nSPS) is 11.0. The minimum Gasteiger partial charge on any atom is -0.497 e. The summed E-state index contributed by atoms with van der Waals surface area (Å²) < 4.78 is 12.6. The summed E-state index contributed by atoms with van der Waals surface area (Å²) >= 11 is 0. The molecule has 0 unspecified atom stereocenters. The van der Waals surface area contributed by atoms with Gasteiger partial charge in [0, 0.05) is 30.1 Å². The van der Waals surface area contributed by atoms with E-state index in [2.05, 4.69) is 25.4 Å². The van der Waals surface area contributed by atoms with E-state index >= 15 is 0 Å². The van der Waals surface area contributed by atoms with Crippen molar-refractivity contribution in [1.82, 2.24) is 24.7 Å². The van der Waals surface area contributed by atoms with E-state index in [4.69, 9.17) is 15.2 Å². The molecule has 3 heterocycles. The van der Waals surface area contributed by atoms with Crippen LogP contribution in [-0.4, -0.2) is 39.0 Å². The highest BCUT2D eigenvalue weighted by molar-refractivity contribution is 5.85. The highest BCUT2D eigenvalue weighted by Gasteiger charge is 2.12. The topological polar surface area (TPSA) is 113 Å². The fourth-order valence-electron chi connectivity index (χ4n) is 3.59. The summed E-state index contributed by atoms with van der Waals surface area (Å²) in [6, 6.07) is 7.60. The van der Waals surface area contributed by atoms with Crippen LogP contribution < -0.4 is 20.5 Å². The van der Waals surface area contributed by atoms with E-state index in [0.29, 0.717) is 30.4 Å². The minimum atomic E-state index is 0.526. The smallest absolute Gasteiger partial charge is 0.186 e. The highest BCUT2D eigenvalue weighted by Crippen LogP contribution is 2.26. The van der Waals surface area contributed by atoms with Gasteiger partial charge in [0.1, 0.15) is 29.5 Å². The second-order valence-electron chi connectivity index (χ2n) is 7.25. The molecule has 0 amide bonds. The molecule has 4 aromatic rings. The number of nitrogens with two attached hydrogens (primary N) is 1. The minimum absolute atomic E-state index is 0.526. The molecule has 160 valence electrons. The van der Waals surface area contributed by atoms with Gasteiger partial charge in [-0.05, 0) is 43.2 Å². The molecule has 9 heteroatoms. The Kier molecular flexibility index (Phi) is 5.57. The molecule has 31 heavy (non-hydrogen) atoms. The van der Waals surface area contributed by atoms with Gasteiger partial charge < -0.3 is 20.5 Å². The summed E-state index contributed by atoms with van der Waals surface area (Å²) in [6.45, 7) is 5.09. The number of nitrogens with zero attached hydrogens (tertiary/aromatic N) is 5. The molecule has 0 aliphatic heterocycles. The molecule has 0 radical (unpaired) electrons. The van der Waals surface area contributed by atoms with Crippen molar-refractivity contribution in [2.45, 2.75) is 26.9 Å². The number of anilines is 2. The molecular formula is C22H25N7O2. The number of methoxy groups -OCH3 is 2. The Morgan fingerprint density at radius 1 is 1.10 bits per heavy atom. The number of aryl methyl sites for hydroxylation is 2. The van der Waals surface area contributed by atoms with Crippen LogP contribution in [0.3, 0.4) is 0 Å². The third kappa shape index (κ3) is 4.20. The van der Waals surface area contributed by atoms with E-state index in [0.717, 1.165) is 39.3 Å². The van der Waals surface area contributed by atoms with Gasteiger partial charge in [-0.3, -0.25) is 4.68 Å². The zero-order valence-corrected chi connectivity index (χ0v) is 18.0. The number of benzene rings is 1. The summed E-state index contributed by atoms with van der Waals surface area (Å²) in [5, 5.41) is 8.83. The number of nitrogens with one attached hydrogen (secondary N) is 1. The summed E-state index contributed by atoms with van der Waals surface area (Å²) in [7, 11) is 3.27. The van der Waals surface area contributed by atoms with Gasteiger partial charge >= 0.3 is 0 Å². The lowest BCUT2D eigenvalue weighted by molar-refractivity contribution is 0.389. The SMILES string of the molecule is COc1ccc(Cn2cc3c(NCc4c(C)cc(N)nc4C)ncnc3n2)c(OC)c1. The predicted octanol–water partition coefficient (Wildman–Crippen LogP) is 3.10. The van der Waals surface area contributed by atoms with Gasteiger partial charge in [-0.1, -0.05) is 0 Å². The first-order valence-electron chi connectivity index (χ1n) is 9.84. The highest BCUT2D eigenvalue weighted by atomic mass is 16.5. The maximum absolute atomic E-state index is 5.83. The zero-order chi connectivity index (χ0) is 22.0. The van der Waals surface area contributed by atoms with Crippen LogP contribution in [0.5, 0.6) is 11.5 Å². The first kappa shape index (κ1) is 20.4. The number of ether oxygens (including phenoxy) is 2. The van der Waals surface area contributed by atoms with E-state index < -0.39 is 0 Å². The van der Waals surface area contributed by atoms with Crippen molar-refractivity contribution in [3.05, 3.63) is 59.2 Å². The number of hydrogen-bond donors (Lipinski definition) is 2. The number of pyridine rings is 1. The van der Waals surface area contributed by atoms with Crippen LogP contribution >= 0.6 is 0 Å². The average Bonchev–Trinajstić information content (AvgIpc) is 3.16. The van der Waals surface area contributed by atoms with E-state index in [-0.39, 0.29) is 0 Å². The van der Waals surface area contributed by atoms with E-state index in [9.17, 15) is 0 Å². The molecule has 0 fully saturated rings. The standard InChI is InChI=1S/C22H25N7O2/c1-13-7-20(23)27-14(2)17(13)9-24-21-18-11-29(28-22(18)26-12-25-21)10-15-5-6-16(30-3)8-19(15)31-4/h5-8,11-12H,9-10H2,1-4H3,(H2,23,27)(H,24,25,26,28). The van der Waals surface area contributed by atoms with Crippen molar-refractivity contribution in [3.63, 3.8) is 0 Å². The Morgan fingerprint density at radius 3 is 2.68 bits per heavy atom. The summed E-state index contributed by atoms with van der Waals surface area (Å²) in [4.78, 5) is 13.1. The van der Waals surface area contributed by atoms with Crippen LogP contribution in [0.25, 0.3) is 11.0 Å². The number of nitrogen functional groups attached to an aromatic ring is 1. The van der Waals surface area contributed by atoms with Crippen LogP contribution in [0, 0.1) is 13.8 Å². The average molecular weight is 419 g/mol. The molecule has 0 saturated heterocycles. The Balaban J connectivity index is 1.59. The van der Waals surface area contributed by atoms with Gasteiger partial charge in [0.25, 0.3) is 0 Å². The molecule has 4 rings (SSSR count). The van der Waals surface area contributed by atoms with Crippen molar-refractivity contribution >= 4 is 22.7 Å². The summed E-state index contributed by atoms with van der Waals surface area (Å²) in [5.74, 6) is 2.73. The molecule has 0 bridgehead atoms. The monoisotopic (exact) mass is 419 g/mol. The lowest BCUT2D eigenvalue weighted by Crippen LogP contribution is -2.08. The number of fused-ring (bicyclic) bond motifs is 1. The maximum Gasteiger partial charge on any atom is 0.186 e. The number of hydrogen-bond acceptors (Lipinski definition) is 8. The Bertz CT molecular complexity index is 1210. The van der Waals surface area contributed by atoms with Crippen LogP contribution in [-0.2, 0) is 13.1 Å². The van der Waals surface area contributed by atoms with Crippen molar-refractivity contribution < 1.29 is 9.47 Å². The molecular weight excluding hydrogens is 394 g/mol. The van der Waals surface area contributed by atoms with Gasteiger partial charge in [0.2, 0.25) is 0 Å². The van der Waals surface area contributed by atoms with Gasteiger partial charge in [0.15, 0.2) is 5.65 Å². The molecule has 1 aromatic carbocycles. The zero-order valence-electron chi connectivity index (χ0n) is 18.0. The van der Waals surface area contributed by atoms with E-state index in [1.165, 1.54) is 6.33 Å². The first-order valence-corrected chi connectivity index (χ1v) is 9.84. The molecule has 0 atom stereocenters. The maximum atomic E-state index is 5.83. The van der Waals surface area contributed by atoms with Gasteiger partial charge in [-0.15, -0.1) is 0 Å². The number of aromatic nitrogens is 5. The first-order chi connectivity index (χ1) is 15.0. The Hall–Kier alpha value is -3.88. The van der Waals surface area contributed by atoms with Crippen LogP contribution in [0.4, 0.5) is 11.6 Å². The van der Waals surface area contributed by atoms with Crippen molar-refractivity contribution in [3.8, 4) is 11.5 Å². The third-order valence-electron chi connectivity index (χ3n) is 5.20. The quantitative estimate of drug-likeness (QED) is 0.470. The molecule has 0 saturated carbocycles. The van der Waals surface area contributed by atoms with Crippen LogP contribution in [0.15, 0.2) is 36.8 Å². The van der Waals surface area contributed by atoms with Crippen molar-refractivity contribution in [2.75, 3.05) is 25.3 Å². The Labute approximate surface area is 180 Å². The lowest BCUT2D eigenvalue weighted by atomic mass is 10.1. The third-order valence-corrected chi connectivity index (χ3v) is 5.20. The van der Waals surface area contributed by atoms with Crippen molar-refractivity contribution in [1.29, 1.82) is 0 Å². The lowest BCUT2D eigenvalue weighted by Gasteiger charge is -2.12. The second-order valence-corrected chi connectivity index (χ2v) is 7.25. The largest absolute Gasteiger partial charge is 0.497 e. The number of rotatable bonds is 7. The van der Waals surface area contributed by atoms with Gasteiger partial charge in [-0.25, -0.2) is 15.0 Å². The van der Waals surface area contributed by atoms with Crippen LogP contribution in [0.2, 0.25) is 0 Å². The van der Waals surface area contributed by atoms with Crippen molar-refractivity contribution in [2.24, 2.45) is 0 Å². The molecule has 9 nitrogen and oxygen atoms in total. The summed E-state index contributed by atoms with van der Waals surface area (Å²) in [6.07, 6.45) is 3.44. The molecule has 0 aliphatic carbocycles. The molecule has 3 aromatic heterocycles. The summed E-state index contributed by atoms with van der Waals surface area (Å²) in [5.41, 5.74) is 10.5. The Morgan fingerprint density at radius 2 is 1.94 bits per heavy atom. The van der Waals surface area contributed by atoms with E-state index in [1.807, 2.05) is 49.0 Å². The molecule has 0 aliphatic rings. The van der Waals surface area contributed by atoms with Crippen LogP contribution in [0.1, 0.15) is 22.4 Å². The molecule has 3 N–H and O–H groups in total. The van der Waals surface area contributed by atoms with Gasteiger partial charge in [-0.2, -0.15) is 5.10 Å². The van der Waals surface area contributed by atoms with Gasteiger partial charge in [0.05, 0.1) is 26.2 Å². The fraction of sp³-hybridized carbons (Fsp3) is 0.273. The predicted molar refractivity (Wildman–Crippen MR) is 119 cm³/mol. The fourth-order valence-corrected chi connectivity index (χ4v) is 3.59. The molecule has 0 spiro atoms. The van der Waals surface area contributed by atoms with E-state index in [1.54, 1.807) is 14.2 Å². The second kappa shape index (κ2) is 8.47.